The van der Waals surface area contributed by atoms with E-state index in [0.717, 1.165) is 12.5 Å². The van der Waals surface area contributed by atoms with Gasteiger partial charge in [-0.25, -0.2) is 0 Å². The molecule has 1 aromatic carbocycles. The van der Waals surface area contributed by atoms with Crippen LogP contribution in [0.2, 0.25) is 0 Å². The van der Waals surface area contributed by atoms with E-state index in [-0.39, 0.29) is 0 Å². The van der Waals surface area contributed by atoms with Gasteiger partial charge >= 0.3 is 0 Å². The average Bonchev–Trinajstić information content (AvgIpc) is 2.71. The molecule has 1 N–H and O–H groups in total. The lowest BCUT2D eigenvalue weighted by molar-refractivity contribution is 0.192. The predicted octanol–water partition coefficient (Wildman–Crippen LogP) is 4.64. The molecule has 2 atom stereocenters. The molecular weight excluding hydrogens is 256 g/mol. The summed E-state index contributed by atoms with van der Waals surface area (Å²) in [6.45, 7) is 13.1. The first-order chi connectivity index (χ1) is 9.97. The Morgan fingerprint density at radius 3 is 2.52 bits per heavy atom. The predicted molar refractivity (Wildman–Crippen MR) is 92.8 cm³/mol. The molecule has 1 aliphatic rings. The number of benzene rings is 1. The number of nitrogens with one attached hydrogen (secondary N) is 1. The summed E-state index contributed by atoms with van der Waals surface area (Å²) >= 11 is 0. The second-order valence-electron chi connectivity index (χ2n) is 7.63. The van der Waals surface area contributed by atoms with Gasteiger partial charge in [-0.1, -0.05) is 39.0 Å². The van der Waals surface area contributed by atoms with Crippen LogP contribution in [0.15, 0.2) is 30.3 Å². The summed E-state index contributed by atoms with van der Waals surface area (Å²) in [4.78, 5) is 2.67. The van der Waals surface area contributed by atoms with Gasteiger partial charge in [0.25, 0.3) is 0 Å². The molecule has 1 fully saturated rings. The first-order valence-electron chi connectivity index (χ1n) is 8.50. The van der Waals surface area contributed by atoms with E-state index in [1.54, 1.807) is 0 Å². The van der Waals surface area contributed by atoms with Crippen molar-refractivity contribution >= 4 is 5.69 Å². The third kappa shape index (κ3) is 5.03. The van der Waals surface area contributed by atoms with E-state index in [1.807, 2.05) is 0 Å². The molecule has 0 saturated carbocycles. The maximum atomic E-state index is 3.56. The van der Waals surface area contributed by atoms with Gasteiger partial charge in [0.15, 0.2) is 0 Å². The molecule has 1 aliphatic heterocycles. The number of nitrogens with zero attached hydrogens (tertiary/aromatic N) is 1. The van der Waals surface area contributed by atoms with Crippen molar-refractivity contribution < 1.29 is 0 Å². The normalized spacial score (nSPS) is 22.6. The molecule has 2 nitrogen and oxygen atoms in total. The van der Waals surface area contributed by atoms with E-state index in [0.29, 0.717) is 11.5 Å². The van der Waals surface area contributed by atoms with Crippen molar-refractivity contribution in [3.8, 4) is 0 Å². The van der Waals surface area contributed by atoms with Crippen LogP contribution in [0.3, 0.4) is 0 Å². The maximum absolute atomic E-state index is 3.56. The first-order valence-corrected chi connectivity index (χ1v) is 8.50. The zero-order chi connectivity index (χ0) is 15.3. The number of likely N-dealkylation sites (tertiary alicyclic amines) is 1. The van der Waals surface area contributed by atoms with Crippen LogP contribution >= 0.6 is 0 Å². The van der Waals surface area contributed by atoms with Gasteiger partial charge < -0.3 is 5.32 Å². The lowest BCUT2D eigenvalue weighted by Gasteiger charge is -2.31. The molecule has 0 radical (unpaired) electrons. The highest BCUT2D eigenvalue weighted by atomic mass is 15.2. The molecule has 118 valence electrons. The summed E-state index contributed by atoms with van der Waals surface area (Å²) in [5.74, 6) is 0.872. The van der Waals surface area contributed by atoms with Crippen molar-refractivity contribution in [2.45, 2.75) is 53.0 Å². The van der Waals surface area contributed by atoms with Crippen molar-refractivity contribution in [1.82, 2.24) is 4.90 Å². The highest BCUT2D eigenvalue weighted by molar-refractivity contribution is 5.42. The Balaban J connectivity index is 1.81. The molecule has 1 heterocycles. The van der Waals surface area contributed by atoms with E-state index in [4.69, 9.17) is 0 Å². The first kappa shape index (κ1) is 16.4. The van der Waals surface area contributed by atoms with Gasteiger partial charge in [0, 0.05) is 18.3 Å². The van der Waals surface area contributed by atoms with Gasteiger partial charge in [-0.2, -0.15) is 0 Å². The number of hydrogen-bond acceptors (Lipinski definition) is 2. The van der Waals surface area contributed by atoms with Crippen LogP contribution in [0.25, 0.3) is 0 Å². The molecular formula is C19H32N2. The SMILES string of the molecule is CC(CNc1ccccc1)N1CCCC(C(C)(C)C)CC1. The van der Waals surface area contributed by atoms with Crippen LogP contribution < -0.4 is 5.32 Å². The molecule has 2 heteroatoms. The van der Waals surface area contributed by atoms with Crippen molar-refractivity contribution in [1.29, 1.82) is 0 Å². The minimum Gasteiger partial charge on any atom is -0.383 e. The number of para-hydroxylation sites is 1. The fourth-order valence-corrected chi connectivity index (χ4v) is 3.38. The van der Waals surface area contributed by atoms with Gasteiger partial charge in [-0.3, -0.25) is 4.90 Å². The highest BCUT2D eigenvalue weighted by Crippen LogP contribution is 2.34. The zero-order valence-corrected chi connectivity index (χ0v) is 14.2. The molecule has 2 unspecified atom stereocenters. The number of rotatable bonds is 4. The number of anilines is 1. The summed E-state index contributed by atoms with van der Waals surface area (Å²) < 4.78 is 0. The lowest BCUT2D eigenvalue weighted by atomic mass is 9.77. The van der Waals surface area contributed by atoms with Crippen LogP contribution in [0.4, 0.5) is 5.69 Å². The number of hydrogen-bond donors (Lipinski definition) is 1. The summed E-state index contributed by atoms with van der Waals surface area (Å²) in [6, 6.07) is 11.1. The van der Waals surface area contributed by atoms with Crippen LogP contribution in [-0.4, -0.2) is 30.6 Å². The van der Waals surface area contributed by atoms with Crippen molar-refractivity contribution in [2.24, 2.45) is 11.3 Å². The van der Waals surface area contributed by atoms with Gasteiger partial charge in [0.1, 0.15) is 0 Å². The van der Waals surface area contributed by atoms with E-state index in [2.05, 4.69) is 68.2 Å². The Morgan fingerprint density at radius 2 is 1.86 bits per heavy atom. The Kier molecular flexibility index (Phi) is 5.69. The minimum absolute atomic E-state index is 0.460. The minimum atomic E-state index is 0.460. The van der Waals surface area contributed by atoms with Gasteiger partial charge in [0.05, 0.1) is 0 Å². The molecule has 21 heavy (non-hydrogen) atoms. The zero-order valence-electron chi connectivity index (χ0n) is 14.2. The van der Waals surface area contributed by atoms with Gasteiger partial charge in [-0.05, 0) is 62.7 Å². The molecule has 0 aromatic heterocycles. The third-order valence-corrected chi connectivity index (χ3v) is 4.99. The monoisotopic (exact) mass is 288 g/mol. The average molecular weight is 288 g/mol. The molecule has 1 saturated heterocycles. The van der Waals surface area contributed by atoms with Crippen LogP contribution in [0.1, 0.15) is 47.0 Å². The molecule has 0 bridgehead atoms. The standard InChI is InChI=1S/C19H32N2/c1-16(15-20-18-10-6-5-7-11-18)21-13-8-9-17(12-14-21)19(2,3)4/h5-7,10-11,16-17,20H,8-9,12-15H2,1-4H3. The van der Waals surface area contributed by atoms with Crippen molar-refractivity contribution in [2.75, 3.05) is 25.0 Å². The van der Waals surface area contributed by atoms with Crippen molar-refractivity contribution in [3.05, 3.63) is 30.3 Å². The van der Waals surface area contributed by atoms with E-state index in [9.17, 15) is 0 Å². The molecule has 0 amide bonds. The molecule has 0 spiro atoms. The quantitative estimate of drug-likeness (QED) is 0.868. The van der Waals surface area contributed by atoms with Crippen LogP contribution in [0.5, 0.6) is 0 Å². The van der Waals surface area contributed by atoms with Crippen LogP contribution in [-0.2, 0) is 0 Å². The second-order valence-corrected chi connectivity index (χ2v) is 7.63. The molecule has 2 rings (SSSR count). The van der Waals surface area contributed by atoms with Gasteiger partial charge in [0.2, 0.25) is 0 Å². The summed E-state index contributed by atoms with van der Waals surface area (Å²) in [7, 11) is 0. The lowest BCUT2D eigenvalue weighted by Crippen LogP contribution is -2.38. The highest BCUT2D eigenvalue weighted by Gasteiger charge is 2.28. The largest absolute Gasteiger partial charge is 0.383 e. The topological polar surface area (TPSA) is 15.3 Å². The summed E-state index contributed by atoms with van der Waals surface area (Å²) in [5, 5.41) is 3.56. The van der Waals surface area contributed by atoms with E-state index in [1.165, 1.54) is 38.0 Å². The Labute approximate surface area is 130 Å². The molecule has 1 aromatic rings. The Hall–Kier alpha value is -1.02. The fourth-order valence-electron chi connectivity index (χ4n) is 3.38. The summed E-state index contributed by atoms with van der Waals surface area (Å²) in [5.41, 5.74) is 1.69. The van der Waals surface area contributed by atoms with E-state index >= 15 is 0 Å². The molecule has 0 aliphatic carbocycles. The Morgan fingerprint density at radius 1 is 1.14 bits per heavy atom. The fraction of sp³-hybridized carbons (Fsp3) is 0.684. The van der Waals surface area contributed by atoms with Crippen molar-refractivity contribution in [3.63, 3.8) is 0 Å². The second kappa shape index (κ2) is 7.31. The smallest absolute Gasteiger partial charge is 0.0340 e. The van der Waals surface area contributed by atoms with Crippen LogP contribution in [0, 0.1) is 11.3 Å². The summed E-state index contributed by atoms with van der Waals surface area (Å²) in [6.07, 6.45) is 4.08. The van der Waals surface area contributed by atoms with Gasteiger partial charge in [-0.15, -0.1) is 0 Å². The maximum Gasteiger partial charge on any atom is 0.0340 e. The third-order valence-electron chi connectivity index (χ3n) is 4.99. The van der Waals surface area contributed by atoms with E-state index < -0.39 is 0 Å². The Bertz CT molecular complexity index is 407.